The number of nitrogens with zero attached hydrogens (tertiary/aromatic N) is 3. The third kappa shape index (κ3) is 4.26. The maximum Gasteiger partial charge on any atom is 0.318 e. The van der Waals surface area contributed by atoms with E-state index in [9.17, 15) is 13.6 Å². The lowest BCUT2D eigenvalue weighted by molar-refractivity contribution is 0.180. The first-order valence-corrected chi connectivity index (χ1v) is 9.49. The standard InChI is InChI=1S/C21H20F2N4O2/c22-15-8-9-16(17(23)13-15)19-25-20(29-26-19)18-7-4-12-27(18)21(28)24-11-10-14-5-2-1-3-6-14/h1-3,5-6,8-9,13,18H,4,7,10-12H2,(H,24,28)/t18-/m0/s1. The van der Waals surface area contributed by atoms with Gasteiger partial charge in [0.1, 0.15) is 17.7 Å². The molecule has 1 aromatic heterocycles. The molecule has 2 aromatic carbocycles. The summed E-state index contributed by atoms with van der Waals surface area (Å²) < 4.78 is 32.4. The predicted octanol–water partition coefficient (Wildman–Crippen LogP) is 4.10. The van der Waals surface area contributed by atoms with Crippen molar-refractivity contribution < 1.29 is 18.1 Å². The van der Waals surface area contributed by atoms with Gasteiger partial charge in [-0.3, -0.25) is 0 Å². The summed E-state index contributed by atoms with van der Waals surface area (Å²) in [6, 6.07) is 12.5. The van der Waals surface area contributed by atoms with E-state index in [4.69, 9.17) is 4.52 Å². The quantitative estimate of drug-likeness (QED) is 0.702. The lowest BCUT2D eigenvalue weighted by atomic mass is 10.1. The van der Waals surface area contributed by atoms with Crippen molar-refractivity contribution in [3.8, 4) is 11.4 Å². The van der Waals surface area contributed by atoms with E-state index in [2.05, 4.69) is 15.5 Å². The first kappa shape index (κ1) is 19.0. The molecule has 0 radical (unpaired) electrons. The van der Waals surface area contributed by atoms with Gasteiger partial charge < -0.3 is 14.7 Å². The number of urea groups is 1. The lowest BCUT2D eigenvalue weighted by Gasteiger charge is -2.22. The first-order valence-electron chi connectivity index (χ1n) is 9.49. The molecule has 2 amide bonds. The molecule has 0 spiro atoms. The number of rotatable bonds is 5. The summed E-state index contributed by atoms with van der Waals surface area (Å²) in [6.45, 7) is 1.09. The van der Waals surface area contributed by atoms with Crippen LogP contribution in [0.25, 0.3) is 11.4 Å². The molecule has 0 aliphatic carbocycles. The van der Waals surface area contributed by atoms with Crippen LogP contribution in [0.3, 0.4) is 0 Å². The zero-order valence-corrected chi connectivity index (χ0v) is 15.6. The van der Waals surface area contributed by atoms with Crippen LogP contribution in [0, 0.1) is 11.6 Å². The van der Waals surface area contributed by atoms with Crippen LogP contribution in [-0.4, -0.2) is 34.2 Å². The summed E-state index contributed by atoms with van der Waals surface area (Å²) in [5, 5.41) is 6.73. The van der Waals surface area contributed by atoms with Crippen molar-refractivity contribution in [3.05, 3.63) is 71.6 Å². The third-order valence-corrected chi connectivity index (χ3v) is 4.95. The van der Waals surface area contributed by atoms with Crippen LogP contribution in [0.4, 0.5) is 13.6 Å². The van der Waals surface area contributed by atoms with E-state index in [1.54, 1.807) is 4.90 Å². The number of carbonyl (C=O) groups is 1. The molecule has 1 saturated heterocycles. The average Bonchev–Trinajstić information content (AvgIpc) is 3.38. The van der Waals surface area contributed by atoms with Gasteiger partial charge >= 0.3 is 6.03 Å². The summed E-state index contributed by atoms with van der Waals surface area (Å²) in [5.74, 6) is -1.16. The van der Waals surface area contributed by atoms with Gasteiger partial charge in [-0.25, -0.2) is 13.6 Å². The number of carbonyl (C=O) groups excluding carboxylic acids is 1. The second-order valence-corrected chi connectivity index (χ2v) is 6.90. The van der Waals surface area contributed by atoms with Crippen molar-refractivity contribution in [2.75, 3.05) is 13.1 Å². The van der Waals surface area contributed by atoms with E-state index >= 15 is 0 Å². The van der Waals surface area contributed by atoms with Crippen LogP contribution in [0.5, 0.6) is 0 Å². The summed E-state index contributed by atoms with van der Waals surface area (Å²) >= 11 is 0. The molecule has 3 aromatic rings. The Balaban J connectivity index is 1.41. The second-order valence-electron chi connectivity index (χ2n) is 6.90. The number of aromatic nitrogens is 2. The van der Waals surface area contributed by atoms with E-state index < -0.39 is 11.6 Å². The van der Waals surface area contributed by atoms with Crippen molar-refractivity contribution >= 4 is 6.03 Å². The highest BCUT2D eigenvalue weighted by atomic mass is 19.1. The number of nitrogens with one attached hydrogen (secondary N) is 1. The van der Waals surface area contributed by atoms with Gasteiger partial charge in [0, 0.05) is 19.2 Å². The smallest absolute Gasteiger partial charge is 0.318 e. The first-order chi connectivity index (χ1) is 14.1. The maximum absolute atomic E-state index is 14.0. The molecule has 8 heteroatoms. The molecule has 0 bridgehead atoms. The molecule has 1 aliphatic heterocycles. The van der Waals surface area contributed by atoms with Crippen molar-refractivity contribution in [1.82, 2.24) is 20.4 Å². The van der Waals surface area contributed by atoms with E-state index in [1.807, 2.05) is 30.3 Å². The molecular weight excluding hydrogens is 378 g/mol. The number of benzene rings is 2. The molecule has 4 rings (SSSR count). The van der Waals surface area contributed by atoms with E-state index in [0.717, 1.165) is 30.5 Å². The van der Waals surface area contributed by atoms with Gasteiger partial charge in [0.25, 0.3) is 0 Å². The zero-order chi connectivity index (χ0) is 20.2. The van der Waals surface area contributed by atoms with E-state index in [0.29, 0.717) is 19.5 Å². The van der Waals surface area contributed by atoms with Crippen LogP contribution in [-0.2, 0) is 6.42 Å². The number of amides is 2. The van der Waals surface area contributed by atoms with Gasteiger partial charge in [-0.2, -0.15) is 4.98 Å². The SMILES string of the molecule is O=C(NCCc1ccccc1)N1CCC[C@H]1c1nc(-c2ccc(F)cc2F)no1. The van der Waals surface area contributed by atoms with Crippen LogP contribution < -0.4 is 5.32 Å². The van der Waals surface area contributed by atoms with Crippen molar-refractivity contribution in [1.29, 1.82) is 0 Å². The highest BCUT2D eigenvalue weighted by Crippen LogP contribution is 2.32. The Kier molecular flexibility index (Phi) is 5.50. The molecule has 1 atom stereocenters. The van der Waals surface area contributed by atoms with Crippen molar-refractivity contribution in [2.45, 2.75) is 25.3 Å². The van der Waals surface area contributed by atoms with E-state index in [-0.39, 0.29) is 29.4 Å². The highest BCUT2D eigenvalue weighted by Gasteiger charge is 2.34. The molecule has 150 valence electrons. The number of hydrogen-bond donors (Lipinski definition) is 1. The lowest BCUT2D eigenvalue weighted by Crippen LogP contribution is -2.40. The second kappa shape index (κ2) is 8.38. The molecule has 0 saturated carbocycles. The molecule has 0 unspecified atom stereocenters. The molecule has 6 nitrogen and oxygen atoms in total. The number of hydrogen-bond acceptors (Lipinski definition) is 4. The summed E-state index contributed by atoms with van der Waals surface area (Å²) in [4.78, 5) is 18.5. The number of halogens is 2. The fourth-order valence-electron chi connectivity index (χ4n) is 3.48. The Morgan fingerprint density at radius 1 is 1.21 bits per heavy atom. The van der Waals surface area contributed by atoms with Gasteiger partial charge in [0.15, 0.2) is 0 Å². The molecule has 1 N–H and O–H groups in total. The van der Waals surface area contributed by atoms with Gasteiger partial charge in [-0.1, -0.05) is 35.5 Å². The Morgan fingerprint density at radius 3 is 2.83 bits per heavy atom. The molecule has 1 fully saturated rings. The minimum absolute atomic E-state index is 0.0360. The van der Waals surface area contributed by atoms with Crippen LogP contribution in [0.1, 0.15) is 30.3 Å². The summed E-state index contributed by atoms with van der Waals surface area (Å²) in [7, 11) is 0. The monoisotopic (exact) mass is 398 g/mol. The van der Waals surface area contributed by atoms with Crippen molar-refractivity contribution in [3.63, 3.8) is 0 Å². The van der Waals surface area contributed by atoms with Crippen LogP contribution >= 0.6 is 0 Å². The Bertz CT molecular complexity index is 993. The van der Waals surface area contributed by atoms with Crippen LogP contribution in [0.2, 0.25) is 0 Å². The van der Waals surface area contributed by atoms with Crippen LogP contribution in [0.15, 0.2) is 53.1 Å². The topological polar surface area (TPSA) is 71.3 Å². The summed E-state index contributed by atoms with van der Waals surface area (Å²) in [6.07, 6.45) is 2.22. The molecular formula is C21H20F2N4O2. The van der Waals surface area contributed by atoms with E-state index in [1.165, 1.54) is 6.07 Å². The Hall–Kier alpha value is -3.29. The average molecular weight is 398 g/mol. The predicted molar refractivity (Wildman–Crippen MR) is 102 cm³/mol. The minimum atomic E-state index is -0.765. The number of likely N-dealkylation sites (tertiary alicyclic amines) is 1. The van der Waals surface area contributed by atoms with Gasteiger partial charge in [0.05, 0.1) is 5.56 Å². The van der Waals surface area contributed by atoms with Gasteiger partial charge in [0.2, 0.25) is 11.7 Å². The molecule has 29 heavy (non-hydrogen) atoms. The minimum Gasteiger partial charge on any atom is -0.338 e. The van der Waals surface area contributed by atoms with Crippen molar-refractivity contribution in [2.24, 2.45) is 0 Å². The highest BCUT2D eigenvalue weighted by molar-refractivity contribution is 5.75. The zero-order valence-electron chi connectivity index (χ0n) is 15.6. The summed E-state index contributed by atoms with van der Waals surface area (Å²) in [5.41, 5.74) is 1.20. The molecule has 1 aliphatic rings. The Labute approximate surface area is 166 Å². The molecule has 2 heterocycles. The fraction of sp³-hybridized carbons (Fsp3) is 0.286. The van der Waals surface area contributed by atoms with Gasteiger partial charge in [-0.15, -0.1) is 0 Å². The largest absolute Gasteiger partial charge is 0.338 e. The Morgan fingerprint density at radius 2 is 2.03 bits per heavy atom. The van der Waals surface area contributed by atoms with Gasteiger partial charge in [-0.05, 0) is 37.0 Å². The normalized spacial score (nSPS) is 16.2. The fourth-order valence-corrected chi connectivity index (χ4v) is 3.48. The maximum atomic E-state index is 14.0. The third-order valence-electron chi connectivity index (χ3n) is 4.95.